The molecule has 0 aliphatic heterocycles. The van der Waals surface area contributed by atoms with E-state index in [1.54, 1.807) is 42.7 Å². The average molecular weight is 286 g/mol. The lowest BCUT2D eigenvalue weighted by molar-refractivity contribution is 0.381. The Bertz CT molecular complexity index is 490. The van der Waals surface area contributed by atoms with Gasteiger partial charge in [-0.25, -0.2) is 9.97 Å². The maximum Gasteiger partial charge on any atom is 0.394 e. The van der Waals surface area contributed by atoms with E-state index in [1.807, 2.05) is 0 Å². The molecule has 1 aromatic carbocycles. The second kappa shape index (κ2) is 8.80. The highest BCUT2D eigenvalue weighted by Crippen LogP contribution is 2.04. The van der Waals surface area contributed by atoms with Crippen LogP contribution in [0.1, 0.15) is 0 Å². The Kier molecular flexibility index (Phi) is 7.77. The number of nitrogen functional groups attached to an aromatic ring is 2. The van der Waals surface area contributed by atoms with Gasteiger partial charge < -0.3 is 11.5 Å². The highest BCUT2D eigenvalue weighted by molar-refractivity contribution is 7.79. The third kappa shape index (κ3) is 15.8. The van der Waals surface area contributed by atoms with Gasteiger partial charge in [-0.15, -0.1) is 0 Å². The molecule has 0 amide bonds. The molecule has 0 spiro atoms. The number of hydrogen-bond acceptors (Lipinski definition) is 6. The molecular formula is C10H14N4O4S. The highest BCUT2D eigenvalue weighted by atomic mass is 32.3. The molecule has 2 rings (SSSR count). The van der Waals surface area contributed by atoms with Gasteiger partial charge in [-0.3, -0.25) is 9.11 Å². The van der Waals surface area contributed by atoms with Gasteiger partial charge in [0.2, 0.25) is 0 Å². The molecule has 0 aliphatic carbocycles. The van der Waals surface area contributed by atoms with Crippen LogP contribution in [0, 0.1) is 0 Å². The number of hydrogen-bond donors (Lipinski definition) is 4. The molecule has 0 radical (unpaired) electrons. The quantitative estimate of drug-likeness (QED) is 0.407. The lowest BCUT2D eigenvalue weighted by Gasteiger charge is -1.90. The summed E-state index contributed by atoms with van der Waals surface area (Å²) in [5.74, 6) is 0. The van der Waals surface area contributed by atoms with Crippen molar-refractivity contribution in [2.45, 2.75) is 0 Å². The van der Waals surface area contributed by atoms with Gasteiger partial charge in [0, 0.05) is 23.8 Å². The van der Waals surface area contributed by atoms with E-state index in [0.29, 0.717) is 0 Å². The minimum Gasteiger partial charge on any atom is -0.399 e. The Hall–Kier alpha value is -2.23. The normalized spacial score (nSPS) is 9.37. The van der Waals surface area contributed by atoms with Gasteiger partial charge in [0.15, 0.2) is 0 Å². The fourth-order valence-corrected chi connectivity index (χ4v) is 0.749. The molecule has 0 unspecified atom stereocenters. The van der Waals surface area contributed by atoms with Crippen LogP contribution in [0.2, 0.25) is 0 Å². The van der Waals surface area contributed by atoms with E-state index in [2.05, 4.69) is 9.97 Å². The van der Waals surface area contributed by atoms with Gasteiger partial charge in [-0.05, 0) is 30.3 Å². The van der Waals surface area contributed by atoms with Crippen molar-refractivity contribution >= 4 is 21.8 Å². The maximum absolute atomic E-state index is 8.74. The largest absolute Gasteiger partial charge is 0.399 e. The lowest BCUT2D eigenvalue weighted by Crippen LogP contribution is -1.89. The fraction of sp³-hybridized carbons (Fsp3) is 0. The molecule has 8 nitrogen and oxygen atoms in total. The first kappa shape index (κ1) is 16.8. The Morgan fingerprint density at radius 3 is 1.37 bits per heavy atom. The third-order valence-electron chi connectivity index (χ3n) is 1.41. The molecule has 0 aliphatic rings. The zero-order valence-electron chi connectivity index (χ0n) is 9.79. The first-order valence-corrected chi connectivity index (χ1v) is 6.19. The number of anilines is 2. The summed E-state index contributed by atoms with van der Waals surface area (Å²) < 4.78 is 31.6. The molecular weight excluding hydrogens is 272 g/mol. The molecule has 0 atom stereocenters. The van der Waals surface area contributed by atoms with E-state index in [4.69, 9.17) is 29.0 Å². The highest BCUT2D eigenvalue weighted by Gasteiger charge is 1.84. The molecule has 1 aromatic heterocycles. The van der Waals surface area contributed by atoms with Crippen molar-refractivity contribution in [3.05, 3.63) is 49.1 Å². The summed E-state index contributed by atoms with van der Waals surface area (Å²) in [7, 11) is -4.67. The van der Waals surface area contributed by atoms with Gasteiger partial charge in [0.05, 0.1) is 0 Å². The van der Waals surface area contributed by atoms with Crippen molar-refractivity contribution < 1.29 is 17.5 Å². The zero-order chi connectivity index (χ0) is 14.7. The molecule has 104 valence electrons. The molecule has 2 aromatic rings. The van der Waals surface area contributed by atoms with Gasteiger partial charge in [0.25, 0.3) is 0 Å². The van der Waals surface area contributed by atoms with Gasteiger partial charge in [-0.1, -0.05) is 0 Å². The van der Waals surface area contributed by atoms with Crippen LogP contribution in [-0.2, 0) is 10.4 Å². The Morgan fingerprint density at radius 2 is 1.21 bits per heavy atom. The zero-order valence-corrected chi connectivity index (χ0v) is 10.6. The summed E-state index contributed by atoms with van der Waals surface area (Å²) in [5, 5.41) is 0. The van der Waals surface area contributed by atoms with Crippen LogP contribution in [-0.4, -0.2) is 27.5 Å². The summed E-state index contributed by atoms with van der Waals surface area (Å²) in [5.41, 5.74) is 12.2. The van der Waals surface area contributed by atoms with Crippen molar-refractivity contribution in [2.24, 2.45) is 0 Å². The SMILES string of the molecule is Nc1ccc(N)cc1.O=S(=O)(O)O.c1cncnc1. The molecule has 0 fully saturated rings. The minimum atomic E-state index is -4.67. The predicted octanol–water partition coefficient (Wildman–Crippen LogP) is 0.675. The van der Waals surface area contributed by atoms with Crippen molar-refractivity contribution in [1.82, 2.24) is 9.97 Å². The monoisotopic (exact) mass is 286 g/mol. The summed E-state index contributed by atoms with van der Waals surface area (Å²) in [6.07, 6.45) is 4.88. The van der Waals surface area contributed by atoms with E-state index in [0.717, 1.165) is 11.4 Å². The van der Waals surface area contributed by atoms with Crippen LogP contribution in [0.3, 0.4) is 0 Å². The molecule has 1 heterocycles. The maximum atomic E-state index is 8.74. The lowest BCUT2D eigenvalue weighted by atomic mass is 10.3. The summed E-state index contributed by atoms with van der Waals surface area (Å²) in [6.45, 7) is 0. The second-order valence-electron chi connectivity index (χ2n) is 3.02. The summed E-state index contributed by atoms with van der Waals surface area (Å²) in [4.78, 5) is 7.35. The molecule has 6 N–H and O–H groups in total. The molecule has 19 heavy (non-hydrogen) atoms. The van der Waals surface area contributed by atoms with E-state index in [-0.39, 0.29) is 0 Å². The van der Waals surface area contributed by atoms with Crippen LogP contribution in [0.25, 0.3) is 0 Å². The standard InChI is InChI=1S/C6H8N2.C4H4N2.H2O4S/c7-5-1-2-6(8)4-3-5;1-2-5-4-6-3-1;1-5(2,3)4/h1-4H,7-8H2;1-4H;(H2,1,2,3,4). The first-order valence-electron chi connectivity index (χ1n) is 4.80. The molecule has 0 saturated carbocycles. The van der Waals surface area contributed by atoms with Gasteiger partial charge in [-0.2, -0.15) is 8.42 Å². The number of benzene rings is 1. The van der Waals surface area contributed by atoms with Gasteiger partial charge >= 0.3 is 10.4 Å². The van der Waals surface area contributed by atoms with Crippen LogP contribution in [0.15, 0.2) is 49.1 Å². The van der Waals surface area contributed by atoms with Crippen molar-refractivity contribution in [3.63, 3.8) is 0 Å². The number of aromatic nitrogens is 2. The summed E-state index contributed by atoms with van der Waals surface area (Å²) in [6, 6.07) is 8.87. The Labute approximate surface area is 110 Å². The first-order chi connectivity index (χ1) is 8.79. The van der Waals surface area contributed by atoms with Crippen LogP contribution >= 0.6 is 0 Å². The third-order valence-corrected chi connectivity index (χ3v) is 1.41. The van der Waals surface area contributed by atoms with E-state index >= 15 is 0 Å². The fourth-order valence-electron chi connectivity index (χ4n) is 0.749. The molecule has 0 saturated heterocycles. The second-order valence-corrected chi connectivity index (χ2v) is 3.91. The molecule has 0 bridgehead atoms. The van der Waals surface area contributed by atoms with Gasteiger partial charge in [0.1, 0.15) is 6.33 Å². The van der Waals surface area contributed by atoms with Crippen molar-refractivity contribution in [3.8, 4) is 0 Å². The Morgan fingerprint density at radius 1 is 0.895 bits per heavy atom. The number of rotatable bonds is 0. The van der Waals surface area contributed by atoms with Crippen LogP contribution in [0.4, 0.5) is 11.4 Å². The summed E-state index contributed by atoms with van der Waals surface area (Å²) >= 11 is 0. The van der Waals surface area contributed by atoms with Crippen molar-refractivity contribution in [2.75, 3.05) is 11.5 Å². The van der Waals surface area contributed by atoms with Crippen LogP contribution < -0.4 is 11.5 Å². The predicted molar refractivity (Wildman–Crippen MR) is 71.5 cm³/mol. The smallest absolute Gasteiger partial charge is 0.394 e. The van der Waals surface area contributed by atoms with Crippen LogP contribution in [0.5, 0.6) is 0 Å². The van der Waals surface area contributed by atoms with Crippen molar-refractivity contribution in [1.29, 1.82) is 0 Å². The molecule has 9 heteroatoms. The number of nitrogens with two attached hydrogens (primary N) is 2. The Balaban J connectivity index is 0.000000265. The minimum absolute atomic E-state index is 0.749. The number of nitrogens with zero attached hydrogens (tertiary/aromatic N) is 2. The average Bonchev–Trinajstić information content (AvgIpc) is 2.34. The topological polar surface area (TPSA) is 152 Å². The van der Waals surface area contributed by atoms with E-state index in [1.165, 1.54) is 6.33 Å². The van der Waals surface area contributed by atoms with E-state index < -0.39 is 10.4 Å². The van der Waals surface area contributed by atoms with E-state index in [9.17, 15) is 0 Å².